The zero-order valence-corrected chi connectivity index (χ0v) is 9.64. The fourth-order valence-corrected chi connectivity index (χ4v) is 1.75. The molecule has 4 N–H and O–H groups in total. The number of hydrogen-bond acceptors (Lipinski definition) is 3. The van der Waals surface area contributed by atoms with Crippen LogP contribution in [0.15, 0.2) is 30.6 Å². The Hall–Kier alpha value is -2.21. The van der Waals surface area contributed by atoms with Crippen molar-refractivity contribution in [3.8, 4) is 5.69 Å². The van der Waals surface area contributed by atoms with E-state index in [0.29, 0.717) is 18.7 Å². The van der Waals surface area contributed by atoms with Gasteiger partial charge < -0.3 is 11.5 Å². The summed E-state index contributed by atoms with van der Waals surface area (Å²) in [5.41, 5.74) is 11.9. The van der Waals surface area contributed by atoms with Gasteiger partial charge in [0.1, 0.15) is 11.5 Å². The molecular formula is C12H13FN4O. The van der Waals surface area contributed by atoms with Crippen LogP contribution in [0.25, 0.3) is 5.69 Å². The second kappa shape index (κ2) is 4.97. The Morgan fingerprint density at radius 3 is 2.83 bits per heavy atom. The highest BCUT2D eigenvalue weighted by atomic mass is 19.1. The normalized spacial score (nSPS) is 10.6. The minimum atomic E-state index is -0.599. The monoisotopic (exact) mass is 248 g/mol. The van der Waals surface area contributed by atoms with Gasteiger partial charge in [0.15, 0.2) is 0 Å². The van der Waals surface area contributed by atoms with Crippen LogP contribution in [0, 0.1) is 5.82 Å². The van der Waals surface area contributed by atoms with Crippen LogP contribution in [0.3, 0.4) is 0 Å². The van der Waals surface area contributed by atoms with Crippen molar-refractivity contribution in [1.29, 1.82) is 0 Å². The highest BCUT2D eigenvalue weighted by molar-refractivity contribution is 5.92. The molecule has 0 aliphatic rings. The van der Waals surface area contributed by atoms with E-state index in [-0.39, 0.29) is 5.56 Å². The molecule has 5 nitrogen and oxygen atoms in total. The minimum Gasteiger partial charge on any atom is -0.366 e. The maximum atomic E-state index is 13.9. The van der Waals surface area contributed by atoms with Crippen molar-refractivity contribution in [2.45, 2.75) is 6.42 Å². The summed E-state index contributed by atoms with van der Waals surface area (Å²) >= 11 is 0. The largest absolute Gasteiger partial charge is 0.366 e. The SMILES string of the molecule is NCCc1cccc(F)c1-n1cc(C(N)=O)cn1. The van der Waals surface area contributed by atoms with E-state index in [9.17, 15) is 9.18 Å². The van der Waals surface area contributed by atoms with Crippen LogP contribution in [-0.4, -0.2) is 22.2 Å². The predicted molar refractivity (Wildman–Crippen MR) is 64.8 cm³/mol. The molecule has 1 amide bonds. The van der Waals surface area contributed by atoms with Gasteiger partial charge in [-0.25, -0.2) is 9.07 Å². The molecule has 0 aliphatic heterocycles. The van der Waals surface area contributed by atoms with Gasteiger partial charge in [0, 0.05) is 6.20 Å². The Kier molecular flexibility index (Phi) is 3.38. The Morgan fingerprint density at radius 2 is 2.22 bits per heavy atom. The van der Waals surface area contributed by atoms with E-state index >= 15 is 0 Å². The fraction of sp³-hybridized carbons (Fsp3) is 0.167. The lowest BCUT2D eigenvalue weighted by atomic mass is 10.1. The second-order valence-corrected chi connectivity index (χ2v) is 3.82. The Bertz CT molecular complexity index is 579. The van der Waals surface area contributed by atoms with Crippen LogP contribution in [0.2, 0.25) is 0 Å². The first-order chi connectivity index (χ1) is 8.63. The van der Waals surface area contributed by atoms with Crippen molar-refractivity contribution in [3.05, 3.63) is 47.5 Å². The maximum Gasteiger partial charge on any atom is 0.251 e. The van der Waals surface area contributed by atoms with E-state index < -0.39 is 11.7 Å². The van der Waals surface area contributed by atoms with Gasteiger partial charge in [-0.2, -0.15) is 5.10 Å². The van der Waals surface area contributed by atoms with E-state index in [0.717, 1.165) is 5.56 Å². The third-order valence-electron chi connectivity index (χ3n) is 2.58. The van der Waals surface area contributed by atoms with Gasteiger partial charge in [0.2, 0.25) is 0 Å². The smallest absolute Gasteiger partial charge is 0.251 e. The van der Waals surface area contributed by atoms with Crippen molar-refractivity contribution in [2.75, 3.05) is 6.54 Å². The van der Waals surface area contributed by atoms with E-state index in [1.807, 2.05) is 0 Å². The van der Waals surface area contributed by atoms with E-state index in [1.54, 1.807) is 12.1 Å². The molecule has 18 heavy (non-hydrogen) atoms. The second-order valence-electron chi connectivity index (χ2n) is 3.82. The van der Waals surface area contributed by atoms with Gasteiger partial charge in [-0.3, -0.25) is 4.79 Å². The standard InChI is InChI=1S/C12H13FN4O/c13-10-3-1-2-8(4-5-14)11(10)17-7-9(6-16-17)12(15)18/h1-3,6-7H,4-5,14H2,(H2,15,18). The number of primary amides is 1. The third-order valence-corrected chi connectivity index (χ3v) is 2.58. The van der Waals surface area contributed by atoms with Crippen molar-refractivity contribution < 1.29 is 9.18 Å². The first-order valence-corrected chi connectivity index (χ1v) is 5.45. The summed E-state index contributed by atoms with van der Waals surface area (Å²) in [6.07, 6.45) is 3.24. The van der Waals surface area contributed by atoms with Crippen LogP contribution in [-0.2, 0) is 6.42 Å². The van der Waals surface area contributed by atoms with Gasteiger partial charge >= 0.3 is 0 Å². The molecule has 0 saturated carbocycles. The molecular weight excluding hydrogens is 235 g/mol. The molecule has 6 heteroatoms. The number of para-hydroxylation sites is 1. The summed E-state index contributed by atoms with van der Waals surface area (Å²) in [5, 5.41) is 3.95. The van der Waals surface area contributed by atoms with Gasteiger partial charge in [-0.05, 0) is 24.6 Å². The van der Waals surface area contributed by atoms with Gasteiger partial charge in [-0.15, -0.1) is 0 Å². The van der Waals surface area contributed by atoms with Crippen LogP contribution >= 0.6 is 0 Å². The topological polar surface area (TPSA) is 86.9 Å². The summed E-state index contributed by atoms with van der Waals surface area (Å²) in [4.78, 5) is 11.0. The predicted octanol–water partition coefficient (Wildman–Crippen LogP) is 0.611. The molecule has 2 rings (SSSR count). The van der Waals surface area contributed by atoms with E-state index in [2.05, 4.69) is 5.10 Å². The third kappa shape index (κ3) is 2.23. The number of carbonyl (C=O) groups excluding carboxylic acids is 1. The lowest BCUT2D eigenvalue weighted by Crippen LogP contribution is -2.10. The van der Waals surface area contributed by atoms with Gasteiger partial charge in [-0.1, -0.05) is 12.1 Å². The van der Waals surface area contributed by atoms with Crippen LogP contribution < -0.4 is 11.5 Å². The first-order valence-electron chi connectivity index (χ1n) is 5.45. The summed E-state index contributed by atoms with van der Waals surface area (Å²) in [6, 6.07) is 4.72. The Morgan fingerprint density at radius 1 is 1.44 bits per heavy atom. The van der Waals surface area contributed by atoms with E-state index in [1.165, 1.54) is 23.1 Å². The Labute approximate surface area is 103 Å². The Balaban J connectivity index is 2.51. The van der Waals surface area contributed by atoms with Crippen LogP contribution in [0.4, 0.5) is 4.39 Å². The summed E-state index contributed by atoms with van der Waals surface area (Å²) < 4.78 is 15.2. The number of nitrogens with zero attached hydrogens (tertiary/aromatic N) is 2. The lowest BCUT2D eigenvalue weighted by Gasteiger charge is -2.09. The molecule has 1 aromatic carbocycles. The van der Waals surface area contributed by atoms with Crippen molar-refractivity contribution in [3.63, 3.8) is 0 Å². The average molecular weight is 248 g/mol. The van der Waals surface area contributed by atoms with Crippen molar-refractivity contribution in [2.24, 2.45) is 11.5 Å². The number of aromatic nitrogens is 2. The number of benzene rings is 1. The zero-order valence-electron chi connectivity index (χ0n) is 9.64. The number of carbonyl (C=O) groups is 1. The number of hydrogen-bond donors (Lipinski definition) is 2. The van der Waals surface area contributed by atoms with Crippen molar-refractivity contribution >= 4 is 5.91 Å². The molecule has 0 fully saturated rings. The van der Waals surface area contributed by atoms with Gasteiger partial charge in [0.25, 0.3) is 5.91 Å². The molecule has 0 atom stereocenters. The zero-order chi connectivity index (χ0) is 13.1. The molecule has 94 valence electrons. The molecule has 0 aliphatic carbocycles. The first kappa shape index (κ1) is 12.3. The summed E-state index contributed by atoms with van der Waals surface area (Å²) in [7, 11) is 0. The molecule has 0 saturated heterocycles. The highest BCUT2D eigenvalue weighted by Crippen LogP contribution is 2.19. The van der Waals surface area contributed by atoms with Crippen molar-refractivity contribution in [1.82, 2.24) is 9.78 Å². The molecule has 0 unspecified atom stereocenters. The molecule has 1 aromatic heterocycles. The number of amides is 1. The average Bonchev–Trinajstić information content (AvgIpc) is 2.79. The van der Waals surface area contributed by atoms with Crippen LogP contribution in [0.1, 0.15) is 15.9 Å². The fourth-order valence-electron chi connectivity index (χ4n) is 1.75. The van der Waals surface area contributed by atoms with E-state index in [4.69, 9.17) is 11.5 Å². The highest BCUT2D eigenvalue weighted by Gasteiger charge is 2.12. The number of rotatable bonds is 4. The molecule has 0 radical (unpaired) electrons. The molecule has 0 spiro atoms. The maximum absolute atomic E-state index is 13.9. The number of nitrogens with two attached hydrogens (primary N) is 2. The minimum absolute atomic E-state index is 0.233. The number of halogens is 1. The molecule has 2 aromatic rings. The quantitative estimate of drug-likeness (QED) is 0.831. The lowest BCUT2D eigenvalue weighted by molar-refractivity contribution is 0.100. The summed E-state index contributed by atoms with van der Waals surface area (Å²) in [5.74, 6) is -1.02. The molecule has 1 heterocycles. The molecule has 0 bridgehead atoms. The summed E-state index contributed by atoms with van der Waals surface area (Å²) in [6.45, 7) is 0.403. The van der Waals surface area contributed by atoms with Crippen LogP contribution in [0.5, 0.6) is 0 Å². The van der Waals surface area contributed by atoms with Gasteiger partial charge in [0.05, 0.1) is 11.8 Å².